The first-order valence-electron chi connectivity index (χ1n) is 7.38. The zero-order valence-electron chi connectivity index (χ0n) is 12.5. The van der Waals surface area contributed by atoms with E-state index in [0.717, 1.165) is 32.0 Å². The predicted octanol–water partition coefficient (Wildman–Crippen LogP) is 3.07. The van der Waals surface area contributed by atoms with E-state index in [1.165, 1.54) is 18.4 Å². The Morgan fingerprint density at radius 3 is 2.65 bits per heavy atom. The maximum Gasteiger partial charge on any atom is 0.119 e. The minimum Gasteiger partial charge on any atom is -0.494 e. The fourth-order valence-corrected chi connectivity index (χ4v) is 2.80. The van der Waals surface area contributed by atoms with Crippen LogP contribution >= 0.6 is 12.4 Å². The molecule has 2 rings (SSSR count). The summed E-state index contributed by atoms with van der Waals surface area (Å²) >= 11 is 0. The number of hydrogen-bond donors (Lipinski definition) is 1. The third-order valence-corrected chi connectivity index (χ3v) is 3.99. The van der Waals surface area contributed by atoms with Crippen LogP contribution in [0.25, 0.3) is 0 Å². The van der Waals surface area contributed by atoms with Crippen LogP contribution in [0.3, 0.4) is 0 Å². The van der Waals surface area contributed by atoms with Crippen molar-refractivity contribution >= 4 is 12.4 Å². The van der Waals surface area contributed by atoms with Crippen LogP contribution in [0.15, 0.2) is 24.3 Å². The van der Waals surface area contributed by atoms with Crippen molar-refractivity contribution in [2.24, 2.45) is 11.7 Å². The molecule has 20 heavy (non-hydrogen) atoms. The normalized spacial score (nSPS) is 18.4. The lowest BCUT2D eigenvalue weighted by Gasteiger charge is -2.33. The molecule has 0 bridgehead atoms. The molecule has 2 N–H and O–H groups in total. The molecule has 1 heterocycles. The number of nitrogens with two attached hydrogens (primary N) is 1. The Morgan fingerprint density at radius 2 is 2.05 bits per heavy atom. The number of nitrogens with zero attached hydrogens (tertiary/aromatic N) is 1. The van der Waals surface area contributed by atoms with Crippen molar-refractivity contribution in [3.8, 4) is 5.75 Å². The van der Waals surface area contributed by atoms with E-state index < -0.39 is 0 Å². The number of rotatable bonds is 5. The summed E-state index contributed by atoms with van der Waals surface area (Å²) in [5.41, 5.74) is 7.32. The third kappa shape index (κ3) is 4.97. The maximum absolute atomic E-state index is 5.98. The van der Waals surface area contributed by atoms with Crippen LogP contribution in [-0.4, -0.2) is 30.6 Å². The van der Waals surface area contributed by atoms with Gasteiger partial charge < -0.3 is 10.5 Å². The van der Waals surface area contributed by atoms with Gasteiger partial charge in [-0.1, -0.05) is 12.1 Å². The standard InChI is InChI=1S/C16H26N2O.ClH/c1-3-19-16-6-4-5-14(11-16)12-18-9-7-15(8-10-18)13(2)17;/h4-6,11,13,15H,3,7-10,12,17H2,1-2H3;1H. The van der Waals surface area contributed by atoms with Crippen LogP contribution < -0.4 is 10.5 Å². The molecule has 0 aromatic heterocycles. The number of likely N-dealkylation sites (tertiary alicyclic amines) is 1. The summed E-state index contributed by atoms with van der Waals surface area (Å²) in [6.45, 7) is 8.21. The number of halogens is 1. The number of benzene rings is 1. The van der Waals surface area contributed by atoms with E-state index in [4.69, 9.17) is 10.5 Å². The second-order valence-electron chi connectivity index (χ2n) is 5.55. The molecule has 3 nitrogen and oxygen atoms in total. The predicted molar refractivity (Wildman–Crippen MR) is 86.5 cm³/mol. The summed E-state index contributed by atoms with van der Waals surface area (Å²) in [6, 6.07) is 8.77. The van der Waals surface area contributed by atoms with Gasteiger partial charge in [-0.3, -0.25) is 4.90 Å². The Kier molecular flexibility index (Phi) is 7.35. The molecule has 114 valence electrons. The van der Waals surface area contributed by atoms with Crippen LogP contribution in [0.2, 0.25) is 0 Å². The van der Waals surface area contributed by atoms with Gasteiger partial charge in [-0.25, -0.2) is 0 Å². The van der Waals surface area contributed by atoms with E-state index in [1.54, 1.807) is 0 Å². The second kappa shape index (κ2) is 8.50. The van der Waals surface area contributed by atoms with Gasteiger partial charge in [0.25, 0.3) is 0 Å². The quantitative estimate of drug-likeness (QED) is 0.908. The Bertz CT molecular complexity index is 390. The van der Waals surface area contributed by atoms with Gasteiger partial charge in [0.1, 0.15) is 5.75 Å². The summed E-state index contributed by atoms with van der Waals surface area (Å²) < 4.78 is 5.55. The average molecular weight is 299 g/mol. The molecule has 0 amide bonds. The van der Waals surface area contributed by atoms with Crippen LogP contribution in [0.4, 0.5) is 0 Å². The van der Waals surface area contributed by atoms with E-state index in [9.17, 15) is 0 Å². The van der Waals surface area contributed by atoms with Crippen molar-refractivity contribution < 1.29 is 4.74 Å². The molecule has 4 heteroatoms. The second-order valence-corrected chi connectivity index (χ2v) is 5.55. The fourth-order valence-electron chi connectivity index (χ4n) is 2.80. The number of ether oxygens (including phenoxy) is 1. The first-order valence-corrected chi connectivity index (χ1v) is 7.38. The summed E-state index contributed by atoms with van der Waals surface area (Å²) in [6.07, 6.45) is 2.45. The monoisotopic (exact) mass is 298 g/mol. The van der Waals surface area contributed by atoms with Gasteiger partial charge in [0.15, 0.2) is 0 Å². The Balaban J connectivity index is 0.00000200. The van der Waals surface area contributed by atoms with Crippen molar-refractivity contribution in [2.45, 2.75) is 39.3 Å². The van der Waals surface area contributed by atoms with Crippen molar-refractivity contribution in [3.63, 3.8) is 0 Å². The molecule has 1 saturated heterocycles. The van der Waals surface area contributed by atoms with Gasteiger partial charge in [-0.2, -0.15) is 0 Å². The zero-order valence-corrected chi connectivity index (χ0v) is 13.4. The Labute approximate surface area is 128 Å². The van der Waals surface area contributed by atoms with Crippen molar-refractivity contribution in [1.82, 2.24) is 4.90 Å². The molecule has 1 atom stereocenters. The molecular weight excluding hydrogens is 272 g/mol. The Hall–Kier alpha value is -0.770. The van der Waals surface area contributed by atoms with E-state index in [1.807, 2.05) is 13.0 Å². The lowest BCUT2D eigenvalue weighted by atomic mass is 9.91. The van der Waals surface area contributed by atoms with Gasteiger partial charge in [0, 0.05) is 12.6 Å². The minimum absolute atomic E-state index is 0. The van der Waals surface area contributed by atoms with E-state index >= 15 is 0 Å². The fraction of sp³-hybridized carbons (Fsp3) is 0.625. The molecule has 1 aromatic carbocycles. The van der Waals surface area contributed by atoms with E-state index in [2.05, 4.69) is 30.0 Å². The van der Waals surface area contributed by atoms with Crippen molar-refractivity contribution in [1.29, 1.82) is 0 Å². The van der Waals surface area contributed by atoms with Crippen molar-refractivity contribution in [2.75, 3.05) is 19.7 Å². The molecule has 0 spiro atoms. The molecule has 1 aromatic rings. The zero-order chi connectivity index (χ0) is 13.7. The molecular formula is C16H27ClN2O. The van der Waals surface area contributed by atoms with Crippen LogP contribution in [0.5, 0.6) is 5.75 Å². The molecule has 1 unspecified atom stereocenters. The topological polar surface area (TPSA) is 38.5 Å². The Morgan fingerprint density at radius 1 is 1.35 bits per heavy atom. The molecule has 0 aliphatic carbocycles. The highest BCUT2D eigenvalue weighted by Crippen LogP contribution is 2.22. The lowest BCUT2D eigenvalue weighted by Crippen LogP contribution is -2.39. The SMILES string of the molecule is CCOc1cccc(CN2CCC(C(C)N)CC2)c1.Cl. The van der Waals surface area contributed by atoms with Gasteiger partial charge in [-0.15, -0.1) is 12.4 Å². The first kappa shape index (κ1) is 17.3. The van der Waals surface area contributed by atoms with E-state index in [0.29, 0.717) is 12.0 Å². The van der Waals surface area contributed by atoms with Crippen LogP contribution in [0, 0.1) is 5.92 Å². The highest BCUT2D eigenvalue weighted by atomic mass is 35.5. The summed E-state index contributed by atoms with van der Waals surface area (Å²) in [7, 11) is 0. The van der Waals surface area contributed by atoms with Gasteiger partial charge in [-0.05, 0) is 63.4 Å². The first-order chi connectivity index (χ1) is 9.19. The molecule has 1 fully saturated rings. The summed E-state index contributed by atoms with van der Waals surface area (Å²) in [5.74, 6) is 1.68. The van der Waals surface area contributed by atoms with Crippen LogP contribution in [-0.2, 0) is 6.54 Å². The maximum atomic E-state index is 5.98. The summed E-state index contributed by atoms with van der Waals surface area (Å²) in [5, 5.41) is 0. The lowest BCUT2D eigenvalue weighted by molar-refractivity contribution is 0.165. The molecule has 1 aliphatic rings. The number of piperidine rings is 1. The number of hydrogen-bond acceptors (Lipinski definition) is 3. The van der Waals surface area contributed by atoms with E-state index in [-0.39, 0.29) is 12.4 Å². The molecule has 1 aliphatic heterocycles. The highest BCUT2D eigenvalue weighted by Gasteiger charge is 2.21. The summed E-state index contributed by atoms with van der Waals surface area (Å²) in [4.78, 5) is 2.52. The highest BCUT2D eigenvalue weighted by molar-refractivity contribution is 5.85. The smallest absolute Gasteiger partial charge is 0.119 e. The minimum atomic E-state index is 0. The average Bonchev–Trinajstić information content (AvgIpc) is 2.40. The largest absolute Gasteiger partial charge is 0.494 e. The van der Waals surface area contributed by atoms with Gasteiger partial charge >= 0.3 is 0 Å². The van der Waals surface area contributed by atoms with Gasteiger partial charge in [0.2, 0.25) is 0 Å². The molecule has 0 radical (unpaired) electrons. The van der Waals surface area contributed by atoms with Crippen LogP contribution in [0.1, 0.15) is 32.3 Å². The molecule has 0 saturated carbocycles. The van der Waals surface area contributed by atoms with Crippen molar-refractivity contribution in [3.05, 3.63) is 29.8 Å². The van der Waals surface area contributed by atoms with Gasteiger partial charge in [0.05, 0.1) is 6.61 Å². The third-order valence-electron chi connectivity index (χ3n) is 3.99.